The summed E-state index contributed by atoms with van der Waals surface area (Å²) in [5, 5.41) is 5.01. The molecule has 0 bridgehead atoms. The lowest BCUT2D eigenvalue weighted by molar-refractivity contribution is 0.176. The number of halogens is 1. The Kier molecular flexibility index (Phi) is 6.23. The molecule has 0 N–H and O–H groups in total. The zero-order chi connectivity index (χ0) is 22.7. The Labute approximate surface area is 195 Å². The maximum Gasteiger partial charge on any atom is 0.118 e. The number of benzene rings is 1. The summed E-state index contributed by atoms with van der Waals surface area (Å²) in [4.78, 5) is 7.36. The molecule has 3 aromatic rings. The van der Waals surface area contributed by atoms with Crippen LogP contribution in [0, 0.1) is 0 Å². The van der Waals surface area contributed by atoms with E-state index in [1.54, 1.807) is 12.2 Å². The van der Waals surface area contributed by atoms with Crippen LogP contribution in [0.25, 0.3) is 0 Å². The monoisotopic (exact) mass is 442 g/mol. The maximum atomic E-state index is 13.5. The molecule has 1 fully saturated rings. The molecule has 2 aromatic heterocycles. The van der Waals surface area contributed by atoms with Gasteiger partial charge in [-0.3, -0.25) is 9.67 Å². The number of aryl methyl sites for hydroxylation is 1. The summed E-state index contributed by atoms with van der Waals surface area (Å²) in [5.41, 5.74) is 4.51. The smallest absolute Gasteiger partial charge is 0.118 e. The van der Waals surface area contributed by atoms with Crippen LogP contribution in [-0.2, 0) is 18.9 Å². The highest BCUT2D eigenvalue weighted by Crippen LogP contribution is 2.41. The van der Waals surface area contributed by atoms with Crippen LogP contribution in [0.2, 0.25) is 0 Å². The molecule has 0 amide bonds. The lowest BCUT2D eigenvalue weighted by atomic mass is 9.72. The van der Waals surface area contributed by atoms with E-state index >= 15 is 0 Å². The highest BCUT2D eigenvalue weighted by molar-refractivity contribution is 5.36. The molecular weight excluding hydrogens is 411 g/mol. The van der Waals surface area contributed by atoms with E-state index in [0.29, 0.717) is 6.42 Å². The first kappa shape index (κ1) is 21.8. The molecule has 1 aliphatic heterocycles. The van der Waals surface area contributed by atoms with Gasteiger partial charge in [-0.2, -0.15) is 5.10 Å². The number of hydrogen-bond acceptors (Lipinski definition) is 3. The fourth-order valence-corrected chi connectivity index (χ4v) is 5.26. The first-order valence-corrected chi connectivity index (χ1v) is 11.9. The van der Waals surface area contributed by atoms with E-state index in [2.05, 4.69) is 53.4 Å². The second kappa shape index (κ2) is 9.44. The lowest BCUT2D eigenvalue weighted by Crippen LogP contribution is -2.44. The molecule has 3 heterocycles. The molecule has 1 atom stereocenters. The molecule has 2 aliphatic rings. The van der Waals surface area contributed by atoms with Gasteiger partial charge in [0.25, 0.3) is 0 Å². The molecular formula is C28H31FN4. The molecule has 1 aromatic carbocycles. The van der Waals surface area contributed by atoms with Gasteiger partial charge in [0.15, 0.2) is 0 Å². The number of nitrogens with zero attached hydrogens (tertiary/aromatic N) is 4. The Bertz CT molecular complexity index is 1130. The van der Waals surface area contributed by atoms with Crippen molar-refractivity contribution in [1.82, 2.24) is 19.7 Å². The minimum absolute atomic E-state index is 0.151. The van der Waals surface area contributed by atoms with Crippen molar-refractivity contribution in [3.05, 3.63) is 107 Å². The van der Waals surface area contributed by atoms with Crippen LogP contribution in [-0.4, -0.2) is 39.3 Å². The first-order chi connectivity index (χ1) is 16.1. The van der Waals surface area contributed by atoms with Crippen LogP contribution in [0.3, 0.4) is 0 Å². The minimum atomic E-state index is -0.194. The largest absolute Gasteiger partial charge is 0.303 e. The molecule has 0 radical (unpaired) electrons. The standard InChI is InChI=1S/C28H31FN4/c1-32-25(23-10-12-24(29)13-11-23)21-27(31-32)28(26-9-5-6-17-30-26)15-19-33(20-16-28)18-14-22-7-3-2-4-8-22/h2-10,12-13,17,21,23H,11,14-16,18-20H2,1H3. The van der Waals surface area contributed by atoms with E-state index in [1.165, 1.54) is 5.56 Å². The molecule has 0 saturated carbocycles. The van der Waals surface area contributed by atoms with Crippen LogP contribution in [0.4, 0.5) is 4.39 Å². The van der Waals surface area contributed by atoms with Gasteiger partial charge in [-0.05, 0) is 74.7 Å². The van der Waals surface area contributed by atoms with Crippen molar-refractivity contribution in [2.75, 3.05) is 19.6 Å². The van der Waals surface area contributed by atoms with Gasteiger partial charge in [0, 0.05) is 31.4 Å². The number of aromatic nitrogens is 3. The summed E-state index contributed by atoms with van der Waals surface area (Å²) in [6, 6.07) is 19.1. The highest BCUT2D eigenvalue weighted by atomic mass is 19.1. The van der Waals surface area contributed by atoms with Crippen molar-refractivity contribution in [2.24, 2.45) is 7.05 Å². The van der Waals surface area contributed by atoms with Crippen LogP contribution in [0.5, 0.6) is 0 Å². The second-order valence-corrected chi connectivity index (χ2v) is 9.24. The van der Waals surface area contributed by atoms with E-state index < -0.39 is 0 Å². The van der Waals surface area contributed by atoms with E-state index in [-0.39, 0.29) is 17.2 Å². The Morgan fingerprint density at radius 3 is 2.52 bits per heavy atom. The molecule has 33 heavy (non-hydrogen) atoms. The van der Waals surface area contributed by atoms with Gasteiger partial charge >= 0.3 is 0 Å². The first-order valence-electron chi connectivity index (χ1n) is 11.9. The van der Waals surface area contributed by atoms with Crippen molar-refractivity contribution >= 4 is 0 Å². The summed E-state index contributed by atoms with van der Waals surface area (Å²) in [6.07, 6.45) is 10.8. The predicted molar refractivity (Wildman–Crippen MR) is 130 cm³/mol. The van der Waals surface area contributed by atoms with Crippen LogP contribution < -0.4 is 0 Å². The maximum absolute atomic E-state index is 13.5. The van der Waals surface area contributed by atoms with Gasteiger partial charge in [0.2, 0.25) is 0 Å². The number of hydrogen-bond donors (Lipinski definition) is 0. The second-order valence-electron chi connectivity index (χ2n) is 9.24. The Morgan fingerprint density at radius 1 is 1.03 bits per heavy atom. The normalized spacial score (nSPS) is 20.5. The number of rotatable bonds is 6. The van der Waals surface area contributed by atoms with Gasteiger partial charge in [0.05, 0.1) is 16.8 Å². The number of piperidine rings is 1. The molecule has 5 rings (SSSR count). The highest BCUT2D eigenvalue weighted by Gasteiger charge is 2.41. The summed E-state index contributed by atoms with van der Waals surface area (Å²) < 4.78 is 15.5. The number of allylic oxidation sites excluding steroid dienone is 4. The Morgan fingerprint density at radius 2 is 1.82 bits per heavy atom. The fraction of sp³-hybridized carbons (Fsp3) is 0.357. The predicted octanol–water partition coefficient (Wildman–Crippen LogP) is 5.34. The van der Waals surface area contributed by atoms with Crippen LogP contribution in [0.1, 0.15) is 47.8 Å². The van der Waals surface area contributed by atoms with Gasteiger partial charge in [-0.25, -0.2) is 4.39 Å². The van der Waals surface area contributed by atoms with Gasteiger partial charge in [-0.15, -0.1) is 0 Å². The average Bonchev–Trinajstić information content (AvgIpc) is 3.27. The SMILES string of the molecule is Cn1nc(C2(c3ccccn3)CCN(CCc3ccccc3)CC2)cc1C1C=CC(F)=CC1. The zero-order valence-electron chi connectivity index (χ0n) is 19.2. The van der Waals surface area contributed by atoms with Crippen molar-refractivity contribution in [3.63, 3.8) is 0 Å². The van der Waals surface area contributed by atoms with Crippen molar-refractivity contribution in [1.29, 1.82) is 0 Å². The summed E-state index contributed by atoms with van der Waals surface area (Å²) in [6.45, 7) is 3.11. The van der Waals surface area contributed by atoms with Crippen molar-refractivity contribution in [2.45, 2.75) is 37.0 Å². The number of pyridine rings is 1. The molecule has 1 aliphatic carbocycles. The molecule has 0 spiro atoms. The summed E-state index contributed by atoms with van der Waals surface area (Å²) in [7, 11) is 2.00. The van der Waals surface area contributed by atoms with Gasteiger partial charge < -0.3 is 4.90 Å². The van der Waals surface area contributed by atoms with Gasteiger partial charge in [-0.1, -0.05) is 42.5 Å². The third kappa shape index (κ3) is 4.55. The fourth-order valence-electron chi connectivity index (χ4n) is 5.26. The summed E-state index contributed by atoms with van der Waals surface area (Å²) in [5.74, 6) is 0.00367. The zero-order valence-corrected chi connectivity index (χ0v) is 19.2. The summed E-state index contributed by atoms with van der Waals surface area (Å²) >= 11 is 0. The topological polar surface area (TPSA) is 34.0 Å². The van der Waals surface area contributed by atoms with Crippen molar-refractivity contribution in [3.8, 4) is 0 Å². The van der Waals surface area contributed by atoms with E-state index in [0.717, 1.165) is 56.0 Å². The third-order valence-electron chi connectivity index (χ3n) is 7.27. The third-order valence-corrected chi connectivity index (χ3v) is 7.27. The number of likely N-dealkylation sites (tertiary alicyclic amines) is 1. The minimum Gasteiger partial charge on any atom is -0.303 e. The molecule has 1 saturated heterocycles. The van der Waals surface area contributed by atoms with E-state index in [1.807, 2.05) is 30.1 Å². The lowest BCUT2D eigenvalue weighted by Gasteiger charge is -2.40. The van der Waals surface area contributed by atoms with Gasteiger partial charge in [0.1, 0.15) is 5.83 Å². The quantitative estimate of drug-likeness (QED) is 0.517. The molecule has 170 valence electrons. The molecule has 4 nitrogen and oxygen atoms in total. The van der Waals surface area contributed by atoms with Crippen molar-refractivity contribution < 1.29 is 4.39 Å². The Hall–Kier alpha value is -3.05. The molecule has 1 unspecified atom stereocenters. The van der Waals surface area contributed by atoms with Crippen LogP contribution in [0.15, 0.2) is 84.8 Å². The van der Waals surface area contributed by atoms with Crippen LogP contribution >= 0.6 is 0 Å². The van der Waals surface area contributed by atoms with E-state index in [9.17, 15) is 4.39 Å². The van der Waals surface area contributed by atoms with E-state index in [4.69, 9.17) is 10.1 Å². The molecule has 5 heteroatoms. The Balaban J connectivity index is 1.38. The average molecular weight is 443 g/mol.